The first-order valence-electron chi connectivity index (χ1n) is 14.2. The topological polar surface area (TPSA) is 67.9 Å². The fourth-order valence-corrected chi connectivity index (χ4v) is 5.92. The number of nitrogens with one attached hydrogen (secondary N) is 1. The summed E-state index contributed by atoms with van der Waals surface area (Å²) < 4.78 is 11.0. The maximum Gasteiger partial charge on any atom is 0.227 e. The van der Waals surface area contributed by atoms with Crippen molar-refractivity contribution in [3.63, 3.8) is 0 Å². The van der Waals surface area contributed by atoms with Crippen molar-refractivity contribution in [1.29, 1.82) is 0 Å². The van der Waals surface area contributed by atoms with Gasteiger partial charge in [0.1, 0.15) is 0 Å². The number of para-hydroxylation sites is 2. The number of unbranched alkanes of at least 4 members (excludes halogenated alkanes) is 2. The average Bonchev–Trinajstić information content (AvgIpc) is 3.12. The van der Waals surface area contributed by atoms with Crippen molar-refractivity contribution >= 4 is 23.1 Å². The molecule has 3 aromatic carbocycles. The van der Waals surface area contributed by atoms with Gasteiger partial charge in [0.25, 0.3) is 0 Å². The van der Waals surface area contributed by atoms with Gasteiger partial charge in [-0.25, -0.2) is 0 Å². The molecule has 0 saturated carbocycles. The second-order valence-electron chi connectivity index (χ2n) is 10.7. The highest BCUT2D eigenvalue weighted by molar-refractivity contribution is 6.06. The monoisotopic (exact) mass is 538 g/mol. The molecule has 0 spiro atoms. The average molecular weight is 539 g/mol. The number of Topliss-reactive ketones (excluding diaryl/α,β-unsaturated/α-hetero) is 1. The van der Waals surface area contributed by atoms with E-state index in [1.54, 1.807) is 14.2 Å². The van der Waals surface area contributed by atoms with Crippen molar-refractivity contribution in [2.24, 2.45) is 0 Å². The van der Waals surface area contributed by atoms with E-state index in [0.717, 1.165) is 53.0 Å². The van der Waals surface area contributed by atoms with E-state index < -0.39 is 6.04 Å². The summed E-state index contributed by atoms with van der Waals surface area (Å²) >= 11 is 0. The number of nitrogens with zero attached hydrogens (tertiary/aromatic N) is 1. The lowest BCUT2D eigenvalue weighted by molar-refractivity contribution is -0.119. The Morgan fingerprint density at radius 2 is 1.65 bits per heavy atom. The molecule has 0 aromatic heterocycles. The van der Waals surface area contributed by atoms with Gasteiger partial charge in [0.15, 0.2) is 17.3 Å². The quantitative estimate of drug-likeness (QED) is 0.301. The molecule has 2 unspecified atom stereocenters. The van der Waals surface area contributed by atoms with Crippen LogP contribution in [0.1, 0.15) is 74.1 Å². The molecule has 0 fully saturated rings. The molecule has 1 aliphatic heterocycles. The van der Waals surface area contributed by atoms with E-state index in [-0.39, 0.29) is 17.6 Å². The van der Waals surface area contributed by atoms with E-state index in [1.165, 1.54) is 0 Å². The summed E-state index contributed by atoms with van der Waals surface area (Å²) in [4.78, 5) is 30.0. The summed E-state index contributed by atoms with van der Waals surface area (Å²) in [6.07, 6.45) is 4.29. The number of carbonyl (C=O) groups is 2. The molecule has 208 valence electrons. The van der Waals surface area contributed by atoms with Gasteiger partial charge in [-0.15, -0.1) is 0 Å². The number of fused-ring (bicyclic) bond motifs is 1. The van der Waals surface area contributed by atoms with Gasteiger partial charge in [-0.2, -0.15) is 0 Å². The molecular weight excluding hydrogens is 500 g/mol. The van der Waals surface area contributed by atoms with Crippen LogP contribution in [0, 0.1) is 6.92 Å². The highest BCUT2D eigenvalue weighted by Crippen LogP contribution is 2.48. The van der Waals surface area contributed by atoms with Gasteiger partial charge < -0.3 is 14.8 Å². The third-order valence-corrected chi connectivity index (χ3v) is 8.02. The number of hydrogen-bond acceptors (Lipinski definition) is 5. The Morgan fingerprint density at radius 3 is 2.38 bits per heavy atom. The predicted octanol–water partition coefficient (Wildman–Crippen LogP) is 7.49. The van der Waals surface area contributed by atoms with E-state index in [2.05, 4.69) is 36.5 Å². The van der Waals surface area contributed by atoms with Crippen LogP contribution in [0.25, 0.3) is 0 Å². The van der Waals surface area contributed by atoms with Crippen molar-refractivity contribution < 1.29 is 19.1 Å². The number of methoxy groups -OCH3 is 2. The van der Waals surface area contributed by atoms with E-state index in [4.69, 9.17) is 9.47 Å². The minimum atomic E-state index is -0.500. The maximum atomic E-state index is 14.2. The number of anilines is 2. The molecule has 1 heterocycles. The van der Waals surface area contributed by atoms with Gasteiger partial charge in [-0.1, -0.05) is 67.8 Å². The molecule has 1 N–H and O–H groups in total. The van der Waals surface area contributed by atoms with Crippen LogP contribution in [0.5, 0.6) is 11.5 Å². The highest BCUT2D eigenvalue weighted by Gasteiger charge is 2.41. The summed E-state index contributed by atoms with van der Waals surface area (Å²) in [5, 5.41) is 3.61. The first kappa shape index (κ1) is 27.5. The zero-order valence-corrected chi connectivity index (χ0v) is 23.8. The lowest BCUT2D eigenvalue weighted by Gasteiger charge is -2.35. The minimum absolute atomic E-state index is 0.0313. The molecule has 40 heavy (non-hydrogen) atoms. The Labute approximate surface area is 237 Å². The number of aryl methyl sites for hydroxylation is 1. The molecule has 0 radical (unpaired) electrons. The lowest BCUT2D eigenvalue weighted by Crippen LogP contribution is -2.38. The fraction of sp³-hybridized carbons (Fsp3) is 0.353. The van der Waals surface area contributed by atoms with Crippen molar-refractivity contribution in [3.8, 4) is 11.5 Å². The molecular formula is C34H38N2O4. The Hall–Kier alpha value is -4.06. The number of ether oxygens (including phenoxy) is 2. The standard InChI is InChI=1S/C34H38N2O4/c1-5-6-7-12-32(38)36-28-11-9-8-10-26(28)35-27-19-25(24-17-18-30(39-3)31(21-24)40-4)20-29(37)33(27)34(36)23-15-13-22(2)14-16-23/h8-11,13-18,21,25,34-35H,5-7,12,19-20H2,1-4H3. The van der Waals surface area contributed by atoms with Crippen LogP contribution in [0.15, 0.2) is 78.0 Å². The van der Waals surface area contributed by atoms with Crippen molar-refractivity contribution in [2.75, 3.05) is 24.4 Å². The SMILES string of the molecule is CCCCCC(=O)N1c2ccccc2NC2=C(C(=O)CC(c3ccc(OC)c(OC)c3)C2)C1c1ccc(C)cc1. The van der Waals surface area contributed by atoms with Crippen LogP contribution in [0.2, 0.25) is 0 Å². The largest absolute Gasteiger partial charge is 0.493 e. The van der Waals surface area contributed by atoms with Crippen LogP contribution < -0.4 is 19.7 Å². The van der Waals surface area contributed by atoms with Crippen molar-refractivity contribution in [3.05, 3.63) is 94.7 Å². The molecule has 2 atom stereocenters. The van der Waals surface area contributed by atoms with Crippen molar-refractivity contribution in [1.82, 2.24) is 0 Å². The number of ketones is 1. The summed E-state index contributed by atoms with van der Waals surface area (Å²) in [5.41, 5.74) is 6.30. The third kappa shape index (κ3) is 5.35. The maximum absolute atomic E-state index is 14.2. The van der Waals surface area contributed by atoms with Gasteiger partial charge in [-0.05, 0) is 61.1 Å². The van der Waals surface area contributed by atoms with Crippen LogP contribution in [0.4, 0.5) is 11.4 Å². The first-order chi connectivity index (χ1) is 19.4. The molecule has 3 aromatic rings. The first-order valence-corrected chi connectivity index (χ1v) is 14.2. The van der Waals surface area contributed by atoms with Crippen LogP contribution >= 0.6 is 0 Å². The lowest BCUT2D eigenvalue weighted by atomic mass is 9.78. The van der Waals surface area contributed by atoms with E-state index >= 15 is 0 Å². The van der Waals surface area contributed by atoms with E-state index in [9.17, 15) is 9.59 Å². The minimum Gasteiger partial charge on any atom is -0.493 e. The van der Waals surface area contributed by atoms with Crippen LogP contribution in [-0.2, 0) is 9.59 Å². The summed E-state index contributed by atoms with van der Waals surface area (Å²) in [7, 11) is 3.24. The Bertz CT molecular complexity index is 1430. The number of hydrogen-bond donors (Lipinski definition) is 1. The second-order valence-corrected chi connectivity index (χ2v) is 10.7. The Balaban J connectivity index is 1.64. The molecule has 6 heteroatoms. The fourth-order valence-electron chi connectivity index (χ4n) is 5.92. The van der Waals surface area contributed by atoms with Gasteiger partial charge in [0, 0.05) is 24.1 Å². The molecule has 6 nitrogen and oxygen atoms in total. The number of allylic oxidation sites excluding steroid dienone is 1. The highest BCUT2D eigenvalue weighted by atomic mass is 16.5. The second kappa shape index (κ2) is 12.0. The normalized spacial score (nSPS) is 18.4. The predicted molar refractivity (Wildman–Crippen MR) is 159 cm³/mol. The Morgan fingerprint density at radius 1 is 0.925 bits per heavy atom. The molecule has 0 bridgehead atoms. The van der Waals surface area contributed by atoms with E-state index in [0.29, 0.717) is 36.3 Å². The smallest absolute Gasteiger partial charge is 0.227 e. The van der Waals surface area contributed by atoms with Gasteiger partial charge >= 0.3 is 0 Å². The van der Waals surface area contributed by atoms with Crippen LogP contribution in [0.3, 0.4) is 0 Å². The number of rotatable bonds is 8. The van der Waals surface area contributed by atoms with Gasteiger partial charge in [-0.3, -0.25) is 14.5 Å². The zero-order chi connectivity index (χ0) is 28.2. The van der Waals surface area contributed by atoms with Crippen molar-refractivity contribution in [2.45, 2.75) is 64.3 Å². The number of benzene rings is 3. The number of amides is 1. The molecule has 0 saturated heterocycles. The zero-order valence-electron chi connectivity index (χ0n) is 23.8. The van der Waals surface area contributed by atoms with Gasteiger partial charge in [0.05, 0.1) is 31.6 Å². The van der Waals surface area contributed by atoms with Crippen LogP contribution in [-0.4, -0.2) is 25.9 Å². The molecule has 2 aliphatic rings. The van der Waals surface area contributed by atoms with E-state index in [1.807, 2.05) is 54.3 Å². The number of carbonyl (C=O) groups excluding carboxylic acids is 2. The molecule has 1 amide bonds. The summed E-state index contributed by atoms with van der Waals surface area (Å²) in [5.74, 6) is 1.37. The summed E-state index contributed by atoms with van der Waals surface area (Å²) in [6, 6.07) is 21.5. The van der Waals surface area contributed by atoms with Gasteiger partial charge in [0.2, 0.25) is 5.91 Å². The summed E-state index contributed by atoms with van der Waals surface area (Å²) in [6.45, 7) is 4.18. The third-order valence-electron chi connectivity index (χ3n) is 8.02. The molecule has 1 aliphatic carbocycles. The Kier molecular flexibility index (Phi) is 8.24. The molecule has 5 rings (SSSR count).